The first-order valence-corrected chi connectivity index (χ1v) is 10.2. The molecule has 1 amide bonds. The summed E-state index contributed by atoms with van der Waals surface area (Å²) in [5.41, 5.74) is 2.50. The molecule has 27 heavy (non-hydrogen) atoms. The van der Waals surface area contributed by atoms with Crippen molar-refractivity contribution >= 4 is 17.5 Å². The van der Waals surface area contributed by atoms with Gasteiger partial charge in [0, 0.05) is 31.6 Å². The molecular formula is C23H29ClN2O. The Kier molecular flexibility index (Phi) is 7.31. The summed E-state index contributed by atoms with van der Waals surface area (Å²) in [7, 11) is 1.91. The first-order chi connectivity index (χ1) is 13.1. The van der Waals surface area contributed by atoms with Crippen LogP contribution in [0.1, 0.15) is 36.8 Å². The van der Waals surface area contributed by atoms with Gasteiger partial charge in [-0.3, -0.25) is 9.69 Å². The second-order valence-corrected chi connectivity index (χ2v) is 8.06. The minimum absolute atomic E-state index is 0.252. The van der Waals surface area contributed by atoms with Gasteiger partial charge in [0.15, 0.2) is 0 Å². The Bertz CT molecular complexity index is 709. The lowest BCUT2D eigenvalue weighted by atomic mass is 9.91. The van der Waals surface area contributed by atoms with E-state index in [1.165, 1.54) is 24.0 Å². The third kappa shape index (κ3) is 6.37. The van der Waals surface area contributed by atoms with E-state index < -0.39 is 0 Å². The van der Waals surface area contributed by atoms with Crippen LogP contribution in [0.5, 0.6) is 0 Å². The van der Waals surface area contributed by atoms with E-state index in [1.54, 1.807) is 0 Å². The SMILES string of the molecule is CN(Cc1ccccc1)C(=O)CCC1CCN(Cc2ccc(Cl)cc2)CC1. The lowest BCUT2D eigenvalue weighted by Crippen LogP contribution is -2.34. The number of rotatable bonds is 7. The van der Waals surface area contributed by atoms with Gasteiger partial charge in [-0.15, -0.1) is 0 Å². The lowest BCUT2D eigenvalue weighted by molar-refractivity contribution is -0.130. The second kappa shape index (κ2) is 9.91. The number of halogens is 1. The molecule has 144 valence electrons. The van der Waals surface area contributed by atoms with E-state index >= 15 is 0 Å². The zero-order valence-electron chi connectivity index (χ0n) is 16.1. The zero-order valence-corrected chi connectivity index (χ0v) is 16.9. The summed E-state index contributed by atoms with van der Waals surface area (Å²) in [5.74, 6) is 0.919. The summed E-state index contributed by atoms with van der Waals surface area (Å²) >= 11 is 5.96. The molecule has 0 saturated carbocycles. The smallest absolute Gasteiger partial charge is 0.222 e. The van der Waals surface area contributed by atoms with Gasteiger partial charge < -0.3 is 4.90 Å². The quantitative estimate of drug-likeness (QED) is 0.671. The van der Waals surface area contributed by atoms with Gasteiger partial charge in [-0.05, 0) is 61.5 Å². The van der Waals surface area contributed by atoms with Crippen molar-refractivity contribution in [3.63, 3.8) is 0 Å². The van der Waals surface area contributed by atoms with Crippen LogP contribution in [0.25, 0.3) is 0 Å². The summed E-state index contributed by atoms with van der Waals surface area (Å²) in [4.78, 5) is 16.8. The number of benzene rings is 2. The van der Waals surface area contributed by atoms with Crippen LogP contribution in [-0.4, -0.2) is 35.8 Å². The summed E-state index contributed by atoms with van der Waals surface area (Å²) < 4.78 is 0. The van der Waals surface area contributed by atoms with Crippen molar-refractivity contribution in [2.75, 3.05) is 20.1 Å². The van der Waals surface area contributed by atoms with Crippen LogP contribution in [0, 0.1) is 5.92 Å². The lowest BCUT2D eigenvalue weighted by Gasteiger charge is -2.32. The number of nitrogens with zero attached hydrogens (tertiary/aromatic N) is 2. The highest BCUT2D eigenvalue weighted by Crippen LogP contribution is 2.24. The molecule has 1 fully saturated rings. The largest absolute Gasteiger partial charge is 0.341 e. The normalized spacial score (nSPS) is 15.6. The van der Waals surface area contributed by atoms with Crippen LogP contribution in [0.15, 0.2) is 54.6 Å². The number of piperidine rings is 1. The Labute approximate surface area is 167 Å². The van der Waals surface area contributed by atoms with Crippen LogP contribution in [0.4, 0.5) is 0 Å². The van der Waals surface area contributed by atoms with E-state index in [-0.39, 0.29) is 5.91 Å². The molecule has 4 heteroatoms. The molecule has 3 nitrogen and oxygen atoms in total. The van der Waals surface area contributed by atoms with Crippen molar-refractivity contribution in [1.29, 1.82) is 0 Å². The highest BCUT2D eigenvalue weighted by molar-refractivity contribution is 6.30. The van der Waals surface area contributed by atoms with Gasteiger partial charge >= 0.3 is 0 Å². The van der Waals surface area contributed by atoms with E-state index in [0.717, 1.165) is 31.1 Å². The van der Waals surface area contributed by atoms with Crippen molar-refractivity contribution < 1.29 is 4.79 Å². The van der Waals surface area contributed by atoms with Crippen molar-refractivity contribution in [1.82, 2.24) is 9.80 Å². The molecular weight excluding hydrogens is 356 g/mol. The summed E-state index contributed by atoms with van der Waals surface area (Å²) in [6.07, 6.45) is 4.03. The monoisotopic (exact) mass is 384 g/mol. The van der Waals surface area contributed by atoms with E-state index in [4.69, 9.17) is 11.6 Å². The van der Waals surface area contributed by atoms with Crippen LogP contribution in [-0.2, 0) is 17.9 Å². The number of carbonyl (C=O) groups is 1. The van der Waals surface area contributed by atoms with Gasteiger partial charge in [0.25, 0.3) is 0 Å². The molecule has 1 saturated heterocycles. The van der Waals surface area contributed by atoms with Crippen molar-refractivity contribution in [2.45, 2.75) is 38.8 Å². The molecule has 1 aliphatic heterocycles. The highest BCUT2D eigenvalue weighted by Gasteiger charge is 2.20. The Hall–Kier alpha value is -1.84. The Balaban J connectivity index is 1.36. The first-order valence-electron chi connectivity index (χ1n) is 9.85. The molecule has 3 rings (SSSR count). The average Bonchev–Trinajstić information content (AvgIpc) is 2.69. The Morgan fingerprint density at radius 3 is 2.37 bits per heavy atom. The van der Waals surface area contributed by atoms with E-state index in [0.29, 0.717) is 18.9 Å². The molecule has 1 heterocycles. The predicted molar refractivity (Wildman–Crippen MR) is 112 cm³/mol. The first kappa shape index (κ1) is 19.9. The fourth-order valence-electron chi connectivity index (χ4n) is 3.75. The summed E-state index contributed by atoms with van der Waals surface area (Å²) in [6.45, 7) is 3.91. The van der Waals surface area contributed by atoms with E-state index in [1.807, 2.05) is 42.3 Å². The van der Waals surface area contributed by atoms with Crippen molar-refractivity contribution in [3.05, 3.63) is 70.7 Å². The molecule has 0 spiro atoms. The molecule has 0 bridgehead atoms. The van der Waals surface area contributed by atoms with Gasteiger partial charge in [0.05, 0.1) is 0 Å². The maximum Gasteiger partial charge on any atom is 0.222 e. The Morgan fingerprint density at radius 1 is 1.04 bits per heavy atom. The molecule has 2 aromatic rings. The molecule has 0 unspecified atom stereocenters. The van der Waals surface area contributed by atoms with Gasteiger partial charge in [0.1, 0.15) is 0 Å². The molecule has 0 N–H and O–H groups in total. The molecule has 0 aromatic heterocycles. The number of hydrogen-bond donors (Lipinski definition) is 0. The highest BCUT2D eigenvalue weighted by atomic mass is 35.5. The number of amides is 1. The molecule has 2 aromatic carbocycles. The molecule has 1 aliphatic rings. The van der Waals surface area contributed by atoms with Crippen molar-refractivity contribution in [2.24, 2.45) is 5.92 Å². The van der Waals surface area contributed by atoms with E-state index in [2.05, 4.69) is 29.2 Å². The molecule has 0 atom stereocenters. The van der Waals surface area contributed by atoms with Crippen LogP contribution in [0.3, 0.4) is 0 Å². The van der Waals surface area contributed by atoms with Gasteiger partial charge in [-0.1, -0.05) is 54.1 Å². The van der Waals surface area contributed by atoms with Crippen molar-refractivity contribution in [3.8, 4) is 0 Å². The number of carbonyl (C=O) groups excluding carboxylic acids is 1. The fraction of sp³-hybridized carbons (Fsp3) is 0.435. The molecule has 0 radical (unpaired) electrons. The summed E-state index contributed by atoms with van der Waals surface area (Å²) in [6, 6.07) is 18.3. The van der Waals surface area contributed by atoms with Crippen LogP contribution >= 0.6 is 11.6 Å². The standard InChI is InChI=1S/C23H29ClN2O/c1-25(17-20-5-3-2-4-6-20)23(27)12-9-19-13-15-26(16-14-19)18-21-7-10-22(24)11-8-21/h2-8,10-11,19H,9,12-18H2,1H3. The Morgan fingerprint density at radius 2 is 1.70 bits per heavy atom. The predicted octanol–water partition coefficient (Wildman–Crippen LogP) is 4.99. The minimum Gasteiger partial charge on any atom is -0.341 e. The van der Waals surface area contributed by atoms with E-state index in [9.17, 15) is 4.79 Å². The third-order valence-electron chi connectivity index (χ3n) is 5.48. The fourth-order valence-corrected chi connectivity index (χ4v) is 3.87. The second-order valence-electron chi connectivity index (χ2n) is 7.62. The maximum absolute atomic E-state index is 12.4. The minimum atomic E-state index is 0.252. The molecule has 0 aliphatic carbocycles. The van der Waals surface area contributed by atoms with Gasteiger partial charge in [-0.2, -0.15) is 0 Å². The maximum atomic E-state index is 12.4. The van der Waals surface area contributed by atoms with Crippen LogP contribution in [0.2, 0.25) is 5.02 Å². The summed E-state index contributed by atoms with van der Waals surface area (Å²) in [5, 5.41) is 0.791. The number of likely N-dealkylation sites (tertiary alicyclic amines) is 1. The zero-order chi connectivity index (χ0) is 19.1. The third-order valence-corrected chi connectivity index (χ3v) is 5.73. The van der Waals surface area contributed by atoms with Gasteiger partial charge in [0.2, 0.25) is 5.91 Å². The number of hydrogen-bond acceptors (Lipinski definition) is 2. The average molecular weight is 385 g/mol. The van der Waals surface area contributed by atoms with Gasteiger partial charge in [-0.25, -0.2) is 0 Å². The topological polar surface area (TPSA) is 23.6 Å². The van der Waals surface area contributed by atoms with Crippen LogP contribution < -0.4 is 0 Å².